The van der Waals surface area contributed by atoms with Crippen LogP contribution in [0.25, 0.3) is 17.0 Å². The van der Waals surface area contributed by atoms with E-state index in [9.17, 15) is 5.11 Å². The SMILES string of the molecule is CNc1nc(-c2cnc3cc(OC)c(C4CC4)nn23)ccc1CO. The molecule has 0 aromatic carbocycles. The topological polar surface area (TPSA) is 84.6 Å². The normalized spacial score (nSPS) is 14.1. The Bertz CT molecular complexity index is 901. The maximum atomic E-state index is 9.38. The second-order valence-electron chi connectivity index (χ2n) is 5.90. The van der Waals surface area contributed by atoms with E-state index in [1.54, 1.807) is 20.4 Å². The van der Waals surface area contributed by atoms with Crippen LogP contribution < -0.4 is 10.1 Å². The Morgan fingerprint density at radius 2 is 2.21 bits per heavy atom. The number of hydrogen-bond donors (Lipinski definition) is 2. The number of imidazole rings is 1. The summed E-state index contributed by atoms with van der Waals surface area (Å²) >= 11 is 0. The van der Waals surface area contributed by atoms with Crippen molar-refractivity contribution in [2.75, 3.05) is 19.5 Å². The molecule has 7 nitrogen and oxygen atoms in total. The van der Waals surface area contributed by atoms with Crippen LogP contribution in [-0.2, 0) is 6.61 Å². The standard InChI is InChI=1S/C17H19N5O2/c1-18-17-11(9-23)5-6-12(20-17)13-8-19-15-7-14(24-2)16(10-3-4-10)21-22(13)15/h5-8,10,23H,3-4,9H2,1-2H3,(H,18,20). The minimum Gasteiger partial charge on any atom is -0.495 e. The van der Waals surface area contributed by atoms with Gasteiger partial charge in [0.15, 0.2) is 5.65 Å². The zero-order valence-corrected chi connectivity index (χ0v) is 13.7. The fourth-order valence-electron chi connectivity index (χ4n) is 2.86. The molecule has 3 aromatic rings. The minimum absolute atomic E-state index is 0.0577. The molecule has 1 saturated carbocycles. The molecule has 7 heteroatoms. The Morgan fingerprint density at radius 3 is 2.88 bits per heavy atom. The first kappa shape index (κ1) is 14.9. The molecule has 0 aliphatic heterocycles. The van der Waals surface area contributed by atoms with Gasteiger partial charge < -0.3 is 15.2 Å². The maximum absolute atomic E-state index is 9.38. The molecule has 0 spiro atoms. The monoisotopic (exact) mass is 325 g/mol. The summed E-state index contributed by atoms with van der Waals surface area (Å²) in [7, 11) is 3.45. The largest absolute Gasteiger partial charge is 0.495 e. The van der Waals surface area contributed by atoms with Crippen LogP contribution >= 0.6 is 0 Å². The molecular weight excluding hydrogens is 306 g/mol. The van der Waals surface area contributed by atoms with Gasteiger partial charge in [-0.05, 0) is 18.9 Å². The molecule has 1 fully saturated rings. The summed E-state index contributed by atoms with van der Waals surface area (Å²) in [6, 6.07) is 5.66. The van der Waals surface area contributed by atoms with E-state index >= 15 is 0 Å². The molecule has 3 heterocycles. The van der Waals surface area contributed by atoms with E-state index in [4.69, 9.17) is 9.84 Å². The average molecular weight is 325 g/mol. The predicted octanol–water partition coefficient (Wildman–Crippen LogP) is 2.21. The molecule has 4 rings (SSSR count). The highest BCUT2D eigenvalue weighted by atomic mass is 16.5. The number of rotatable bonds is 5. The number of methoxy groups -OCH3 is 1. The van der Waals surface area contributed by atoms with Crippen LogP contribution in [0.3, 0.4) is 0 Å². The fraction of sp³-hybridized carbons (Fsp3) is 0.353. The second-order valence-corrected chi connectivity index (χ2v) is 5.90. The van der Waals surface area contributed by atoms with E-state index in [0.717, 1.165) is 46.9 Å². The second kappa shape index (κ2) is 5.76. The predicted molar refractivity (Wildman–Crippen MR) is 90.2 cm³/mol. The molecule has 0 radical (unpaired) electrons. The van der Waals surface area contributed by atoms with Crippen LogP contribution in [0.1, 0.15) is 30.0 Å². The van der Waals surface area contributed by atoms with Gasteiger partial charge in [-0.1, -0.05) is 6.07 Å². The number of nitrogens with zero attached hydrogens (tertiary/aromatic N) is 4. The van der Waals surface area contributed by atoms with E-state index < -0.39 is 0 Å². The van der Waals surface area contributed by atoms with Crippen molar-refractivity contribution in [2.24, 2.45) is 0 Å². The molecule has 0 unspecified atom stereocenters. The fourth-order valence-corrected chi connectivity index (χ4v) is 2.86. The van der Waals surface area contributed by atoms with Gasteiger partial charge in [0, 0.05) is 24.6 Å². The smallest absolute Gasteiger partial charge is 0.157 e. The van der Waals surface area contributed by atoms with Gasteiger partial charge in [0.1, 0.15) is 23.0 Å². The van der Waals surface area contributed by atoms with Crippen LogP contribution in [0.5, 0.6) is 5.75 Å². The van der Waals surface area contributed by atoms with Crippen molar-refractivity contribution >= 4 is 11.5 Å². The van der Waals surface area contributed by atoms with E-state index in [0.29, 0.717) is 11.7 Å². The number of aliphatic hydroxyl groups is 1. The van der Waals surface area contributed by atoms with Gasteiger partial charge in [-0.3, -0.25) is 0 Å². The third-order valence-corrected chi connectivity index (χ3v) is 4.32. The van der Waals surface area contributed by atoms with Crippen molar-refractivity contribution in [1.82, 2.24) is 19.6 Å². The van der Waals surface area contributed by atoms with E-state index in [2.05, 4.69) is 15.3 Å². The van der Waals surface area contributed by atoms with Crippen molar-refractivity contribution in [3.63, 3.8) is 0 Å². The number of ether oxygens (including phenoxy) is 1. The first-order chi connectivity index (χ1) is 11.7. The molecule has 0 bridgehead atoms. The maximum Gasteiger partial charge on any atom is 0.157 e. The lowest BCUT2D eigenvalue weighted by atomic mass is 10.2. The average Bonchev–Trinajstić information content (AvgIpc) is 3.39. The number of aliphatic hydroxyl groups excluding tert-OH is 1. The van der Waals surface area contributed by atoms with E-state index in [1.165, 1.54) is 0 Å². The van der Waals surface area contributed by atoms with Crippen molar-refractivity contribution in [1.29, 1.82) is 0 Å². The van der Waals surface area contributed by atoms with Crippen molar-refractivity contribution < 1.29 is 9.84 Å². The Hall–Kier alpha value is -2.67. The number of pyridine rings is 1. The first-order valence-corrected chi connectivity index (χ1v) is 7.96. The molecule has 2 N–H and O–H groups in total. The third-order valence-electron chi connectivity index (χ3n) is 4.32. The summed E-state index contributed by atoms with van der Waals surface area (Å²) in [5.41, 5.74) is 4.03. The summed E-state index contributed by atoms with van der Waals surface area (Å²) in [4.78, 5) is 9.02. The molecule has 124 valence electrons. The zero-order chi connectivity index (χ0) is 16.7. The van der Waals surface area contributed by atoms with Gasteiger partial charge in [-0.15, -0.1) is 0 Å². The number of aromatic nitrogens is 4. The minimum atomic E-state index is -0.0577. The molecule has 1 aliphatic rings. The quantitative estimate of drug-likeness (QED) is 0.748. The zero-order valence-electron chi connectivity index (χ0n) is 13.7. The Kier molecular flexibility index (Phi) is 3.57. The van der Waals surface area contributed by atoms with Gasteiger partial charge >= 0.3 is 0 Å². The highest BCUT2D eigenvalue weighted by Gasteiger charge is 2.29. The van der Waals surface area contributed by atoms with Gasteiger partial charge in [0.25, 0.3) is 0 Å². The Morgan fingerprint density at radius 1 is 1.38 bits per heavy atom. The number of nitrogens with one attached hydrogen (secondary N) is 1. The van der Waals surface area contributed by atoms with Gasteiger partial charge in [-0.2, -0.15) is 5.10 Å². The van der Waals surface area contributed by atoms with Crippen LogP contribution in [0.2, 0.25) is 0 Å². The van der Waals surface area contributed by atoms with Crippen LogP contribution in [-0.4, -0.2) is 38.8 Å². The van der Waals surface area contributed by atoms with Gasteiger partial charge in [0.05, 0.1) is 25.6 Å². The summed E-state index contributed by atoms with van der Waals surface area (Å²) < 4.78 is 7.28. The first-order valence-electron chi connectivity index (χ1n) is 7.96. The van der Waals surface area contributed by atoms with Gasteiger partial charge in [0.2, 0.25) is 0 Å². The lowest BCUT2D eigenvalue weighted by Crippen LogP contribution is -2.04. The van der Waals surface area contributed by atoms with E-state index in [1.807, 2.05) is 22.7 Å². The van der Waals surface area contributed by atoms with Crippen LogP contribution in [0.15, 0.2) is 24.4 Å². The highest BCUT2D eigenvalue weighted by Crippen LogP contribution is 2.43. The van der Waals surface area contributed by atoms with Crippen molar-refractivity contribution in [2.45, 2.75) is 25.4 Å². The molecule has 0 saturated heterocycles. The molecule has 24 heavy (non-hydrogen) atoms. The number of anilines is 1. The lowest BCUT2D eigenvalue weighted by molar-refractivity contribution is 0.282. The molecule has 1 aliphatic carbocycles. The third kappa shape index (κ3) is 2.37. The number of hydrogen-bond acceptors (Lipinski definition) is 6. The summed E-state index contributed by atoms with van der Waals surface area (Å²) in [6.45, 7) is -0.0577. The van der Waals surface area contributed by atoms with Crippen LogP contribution in [0.4, 0.5) is 5.82 Å². The Balaban J connectivity index is 1.86. The molecule has 0 atom stereocenters. The summed E-state index contributed by atoms with van der Waals surface area (Å²) in [6.07, 6.45) is 4.05. The molecule has 0 amide bonds. The highest BCUT2D eigenvalue weighted by molar-refractivity contribution is 5.63. The number of fused-ring (bicyclic) bond motifs is 1. The lowest BCUT2D eigenvalue weighted by Gasteiger charge is -2.10. The van der Waals surface area contributed by atoms with Crippen molar-refractivity contribution in [3.05, 3.63) is 35.7 Å². The summed E-state index contributed by atoms with van der Waals surface area (Å²) in [5.74, 6) is 1.92. The van der Waals surface area contributed by atoms with Crippen molar-refractivity contribution in [3.8, 4) is 17.1 Å². The van der Waals surface area contributed by atoms with Crippen LogP contribution in [0, 0.1) is 0 Å². The summed E-state index contributed by atoms with van der Waals surface area (Å²) in [5, 5.41) is 17.2. The Labute approximate surface area is 139 Å². The molecular formula is C17H19N5O2. The van der Waals surface area contributed by atoms with E-state index in [-0.39, 0.29) is 6.61 Å². The molecule has 3 aromatic heterocycles. The van der Waals surface area contributed by atoms with Gasteiger partial charge in [-0.25, -0.2) is 14.5 Å².